The summed E-state index contributed by atoms with van der Waals surface area (Å²) < 4.78 is 20.1. The molecule has 2 aromatic rings. The van der Waals surface area contributed by atoms with Crippen LogP contribution in [-0.4, -0.2) is 58.0 Å². The minimum Gasteiger partial charge on any atom is -0.444 e. The van der Waals surface area contributed by atoms with E-state index in [1.54, 1.807) is 9.58 Å². The van der Waals surface area contributed by atoms with Crippen molar-refractivity contribution in [2.75, 3.05) is 6.61 Å². The van der Waals surface area contributed by atoms with Gasteiger partial charge in [0.2, 0.25) is 0 Å². The lowest BCUT2D eigenvalue weighted by atomic mass is 9.98. The maximum Gasteiger partial charge on any atom is 0.413 e. The Bertz CT molecular complexity index is 1010. The van der Waals surface area contributed by atoms with Crippen molar-refractivity contribution in [1.82, 2.24) is 19.9 Å². The molecule has 0 saturated carbocycles. The van der Waals surface area contributed by atoms with E-state index >= 15 is 0 Å². The van der Waals surface area contributed by atoms with Crippen molar-refractivity contribution in [1.29, 1.82) is 0 Å². The predicted molar refractivity (Wildman–Crippen MR) is 123 cm³/mol. The van der Waals surface area contributed by atoms with Crippen LogP contribution in [0, 0.1) is 0 Å². The lowest BCUT2D eigenvalue weighted by Gasteiger charge is -2.36. The van der Waals surface area contributed by atoms with Crippen molar-refractivity contribution >= 4 is 19.5 Å². The van der Waals surface area contributed by atoms with Crippen molar-refractivity contribution in [3.05, 3.63) is 41.6 Å². The first-order valence-electron chi connectivity index (χ1n) is 11.1. The number of benzene rings is 1. The van der Waals surface area contributed by atoms with Gasteiger partial charge in [0.1, 0.15) is 25.5 Å². The predicted octanol–water partition coefficient (Wildman–Crippen LogP) is 3.81. The largest absolute Gasteiger partial charge is 0.444 e. The van der Waals surface area contributed by atoms with E-state index in [4.69, 9.17) is 14.2 Å². The highest BCUT2D eigenvalue weighted by atomic mass is 28.3. The standard InChI is InChI=1S/C23H34N4O4Si/c1-22(2,3)31-21(28)27-17(14-29-23(27,4)5)19-15-11-9-10-12-16(15)20(30-19)26-13-18(24-25-26)32(6,7)8/h9-13,17,19-20H,14H2,1-8H3/t17-,19+,20+/m1/s1. The van der Waals surface area contributed by atoms with E-state index in [9.17, 15) is 4.79 Å². The third kappa shape index (κ3) is 4.21. The molecule has 0 radical (unpaired) electrons. The number of hydrogen-bond donors (Lipinski definition) is 0. The van der Waals surface area contributed by atoms with Crippen LogP contribution in [0.4, 0.5) is 4.79 Å². The van der Waals surface area contributed by atoms with Gasteiger partial charge in [0.05, 0.1) is 18.0 Å². The molecule has 1 aromatic heterocycles. The van der Waals surface area contributed by atoms with Gasteiger partial charge in [-0.1, -0.05) is 49.1 Å². The Morgan fingerprint density at radius 1 is 1.19 bits per heavy atom. The zero-order valence-electron chi connectivity index (χ0n) is 20.2. The smallest absolute Gasteiger partial charge is 0.413 e. The fourth-order valence-electron chi connectivity index (χ4n) is 4.24. The van der Waals surface area contributed by atoms with Gasteiger partial charge in [0.15, 0.2) is 6.23 Å². The van der Waals surface area contributed by atoms with Crippen molar-refractivity contribution < 1.29 is 19.0 Å². The van der Waals surface area contributed by atoms with Crippen molar-refractivity contribution in [2.24, 2.45) is 0 Å². The zero-order valence-corrected chi connectivity index (χ0v) is 21.2. The molecular formula is C23H34N4O4Si. The van der Waals surface area contributed by atoms with Crippen molar-refractivity contribution in [3.8, 4) is 0 Å². The van der Waals surface area contributed by atoms with Gasteiger partial charge in [-0.2, -0.15) is 0 Å². The van der Waals surface area contributed by atoms with E-state index in [1.807, 2.05) is 52.9 Å². The van der Waals surface area contributed by atoms with Gasteiger partial charge in [-0.05, 0) is 40.2 Å². The van der Waals surface area contributed by atoms with Gasteiger partial charge in [-0.25, -0.2) is 9.48 Å². The molecule has 2 aliphatic rings. The summed E-state index contributed by atoms with van der Waals surface area (Å²) in [6.45, 7) is 16.4. The Morgan fingerprint density at radius 3 is 2.44 bits per heavy atom. The maximum absolute atomic E-state index is 13.2. The second-order valence-corrected chi connectivity index (χ2v) is 16.1. The number of carbonyl (C=O) groups excluding carboxylic acids is 1. The van der Waals surface area contributed by atoms with Gasteiger partial charge in [-0.15, -0.1) is 5.10 Å². The molecule has 1 saturated heterocycles. The van der Waals surface area contributed by atoms with Gasteiger partial charge < -0.3 is 14.2 Å². The van der Waals surface area contributed by atoms with E-state index in [-0.39, 0.29) is 12.1 Å². The minimum absolute atomic E-state index is 0.328. The first-order valence-corrected chi connectivity index (χ1v) is 14.6. The molecular weight excluding hydrogens is 424 g/mol. The quantitative estimate of drug-likeness (QED) is 0.651. The van der Waals surface area contributed by atoms with Gasteiger partial charge in [0.25, 0.3) is 0 Å². The number of fused-ring (bicyclic) bond motifs is 1. The molecule has 4 rings (SSSR count). The third-order valence-corrected chi connectivity index (χ3v) is 7.59. The molecule has 0 N–H and O–H groups in total. The summed E-state index contributed by atoms with van der Waals surface area (Å²) in [6, 6.07) is 7.76. The topological polar surface area (TPSA) is 78.7 Å². The van der Waals surface area contributed by atoms with E-state index in [1.165, 1.54) is 0 Å². The van der Waals surface area contributed by atoms with E-state index in [2.05, 4.69) is 42.1 Å². The molecule has 0 aliphatic carbocycles. The molecule has 174 valence electrons. The minimum atomic E-state index is -1.60. The highest BCUT2D eigenvalue weighted by molar-refractivity contribution is 6.88. The number of carbonyl (C=O) groups is 1. The second-order valence-electron chi connectivity index (χ2n) is 11.0. The summed E-state index contributed by atoms with van der Waals surface area (Å²) >= 11 is 0. The molecule has 0 bridgehead atoms. The normalized spacial score (nSPS) is 25.1. The number of aromatic nitrogens is 3. The van der Waals surface area contributed by atoms with Crippen molar-refractivity contribution in [3.63, 3.8) is 0 Å². The summed E-state index contributed by atoms with van der Waals surface area (Å²) in [6.07, 6.45) is 0.816. The number of nitrogens with zero attached hydrogens (tertiary/aromatic N) is 4. The molecule has 0 spiro atoms. The highest BCUT2D eigenvalue weighted by Gasteiger charge is 2.52. The Hall–Kier alpha value is -2.23. The molecule has 8 nitrogen and oxygen atoms in total. The molecule has 9 heteroatoms. The summed E-state index contributed by atoms with van der Waals surface area (Å²) in [5, 5.41) is 9.85. The monoisotopic (exact) mass is 458 g/mol. The van der Waals surface area contributed by atoms with Crippen LogP contribution in [0.15, 0.2) is 30.5 Å². The van der Waals surface area contributed by atoms with E-state index in [0.717, 1.165) is 16.4 Å². The summed E-state index contributed by atoms with van der Waals surface area (Å²) in [5.41, 5.74) is 0.646. The summed E-state index contributed by atoms with van der Waals surface area (Å²) in [4.78, 5) is 14.8. The van der Waals surface area contributed by atoms with Gasteiger partial charge >= 0.3 is 6.09 Å². The molecule has 1 aromatic carbocycles. The SMILES string of the molecule is CC(C)(C)OC(=O)N1[C@@H]([C@H]2O[C@H](n3cc([Si](C)(C)C)nn3)c3ccccc32)COC1(C)C. The second kappa shape index (κ2) is 7.67. The maximum atomic E-state index is 13.2. The lowest BCUT2D eigenvalue weighted by Crippen LogP contribution is -2.51. The first-order chi connectivity index (χ1) is 14.8. The first kappa shape index (κ1) is 22.9. The summed E-state index contributed by atoms with van der Waals surface area (Å²) in [7, 11) is -1.60. The van der Waals surface area contributed by atoms with Gasteiger partial charge in [-0.3, -0.25) is 4.90 Å². The molecule has 1 fully saturated rings. The van der Waals surface area contributed by atoms with Crippen molar-refractivity contribution in [2.45, 2.75) is 84.0 Å². The molecule has 3 atom stereocenters. The van der Waals surface area contributed by atoms with E-state index in [0.29, 0.717) is 6.61 Å². The number of rotatable bonds is 3. The Kier molecular flexibility index (Phi) is 5.50. The van der Waals surface area contributed by atoms with Crippen LogP contribution in [0.2, 0.25) is 19.6 Å². The molecule has 3 heterocycles. The highest BCUT2D eigenvalue weighted by Crippen LogP contribution is 2.46. The fraction of sp³-hybridized carbons (Fsp3) is 0.609. The van der Waals surface area contributed by atoms with E-state index < -0.39 is 31.7 Å². The van der Waals surface area contributed by atoms with Crippen LogP contribution in [-0.2, 0) is 14.2 Å². The summed E-state index contributed by atoms with van der Waals surface area (Å²) in [5.74, 6) is 0. The zero-order chi connectivity index (χ0) is 23.5. The van der Waals surface area contributed by atoms with Crippen LogP contribution >= 0.6 is 0 Å². The Labute approximate surface area is 190 Å². The average molecular weight is 459 g/mol. The average Bonchev–Trinajstić information content (AvgIpc) is 3.34. The number of ether oxygens (including phenoxy) is 3. The third-order valence-electron chi connectivity index (χ3n) is 5.82. The molecule has 1 amide bonds. The molecule has 32 heavy (non-hydrogen) atoms. The van der Waals surface area contributed by atoms with Crippen LogP contribution < -0.4 is 5.32 Å². The number of amides is 1. The number of hydrogen-bond acceptors (Lipinski definition) is 6. The van der Waals surface area contributed by atoms with Crippen LogP contribution in [0.5, 0.6) is 0 Å². The van der Waals surface area contributed by atoms with Gasteiger partial charge in [0, 0.05) is 11.8 Å². The lowest BCUT2D eigenvalue weighted by molar-refractivity contribution is -0.0812. The van der Waals surface area contributed by atoms with Crippen LogP contribution in [0.25, 0.3) is 0 Å². The fourth-order valence-corrected chi connectivity index (χ4v) is 5.10. The Balaban J connectivity index is 1.68. The molecule has 0 unspecified atom stereocenters. The Morgan fingerprint density at radius 2 is 1.84 bits per heavy atom. The molecule has 2 aliphatic heterocycles. The van der Waals surface area contributed by atoms with Crippen LogP contribution in [0.3, 0.4) is 0 Å². The van der Waals surface area contributed by atoms with Crippen LogP contribution in [0.1, 0.15) is 58.1 Å².